The molecule has 1 aliphatic rings. The van der Waals surface area contributed by atoms with Crippen LogP contribution in [-0.4, -0.2) is 42.4 Å². The molecule has 5 nitrogen and oxygen atoms in total. The van der Waals surface area contributed by atoms with Gasteiger partial charge in [-0.15, -0.1) is 12.4 Å². The van der Waals surface area contributed by atoms with Crippen molar-refractivity contribution < 1.29 is 22.8 Å². The van der Waals surface area contributed by atoms with Crippen molar-refractivity contribution in [3.8, 4) is 0 Å². The lowest BCUT2D eigenvalue weighted by atomic mass is 10.1. The van der Waals surface area contributed by atoms with E-state index in [-0.39, 0.29) is 29.7 Å². The highest BCUT2D eigenvalue weighted by molar-refractivity contribution is 5.97. The second-order valence-electron chi connectivity index (χ2n) is 6.12. The first kappa shape index (κ1) is 22.2. The molecule has 1 unspecified atom stereocenters. The molecule has 0 radical (unpaired) electrons. The molecule has 1 heterocycles. The first-order chi connectivity index (χ1) is 11.7. The van der Waals surface area contributed by atoms with Gasteiger partial charge in [-0.2, -0.15) is 13.2 Å². The number of rotatable bonds is 5. The van der Waals surface area contributed by atoms with Crippen LogP contribution in [0.5, 0.6) is 0 Å². The SMILES string of the molecule is CCCN(C(=O)c1cc(NC(C)=O)cc(C(F)(F)F)c1)C1CCNC1.Cl. The lowest BCUT2D eigenvalue weighted by molar-refractivity contribution is -0.137. The number of benzene rings is 1. The van der Waals surface area contributed by atoms with Crippen molar-refractivity contribution in [2.45, 2.75) is 38.9 Å². The molecule has 146 valence electrons. The number of amides is 2. The molecule has 1 aromatic carbocycles. The van der Waals surface area contributed by atoms with Crippen molar-refractivity contribution >= 4 is 29.9 Å². The van der Waals surface area contributed by atoms with Crippen molar-refractivity contribution in [3.63, 3.8) is 0 Å². The van der Waals surface area contributed by atoms with Gasteiger partial charge in [0.1, 0.15) is 0 Å². The van der Waals surface area contributed by atoms with Crippen molar-refractivity contribution in [3.05, 3.63) is 29.3 Å². The molecule has 2 amide bonds. The van der Waals surface area contributed by atoms with E-state index in [1.165, 1.54) is 13.0 Å². The second kappa shape index (κ2) is 9.23. The Labute approximate surface area is 156 Å². The summed E-state index contributed by atoms with van der Waals surface area (Å²) in [7, 11) is 0. The number of anilines is 1. The Morgan fingerprint density at radius 2 is 2.00 bits per heavy atom. The summed E-state index contributed by atoms with van der Waals surface area (Å²) in [4.78, 5) is 25.7. The van der Waals surface area contributed by atoms with Gasteiger partial charge in [-0.3, -0.25) is 9.59 Å². The van der Waals surface area contributed by atoms with Crippen LogP contribution >= 0.6 is 12.4 Å². The number of hydrogen-bond donors (Lipinski definition) is 2. The minimum atomic E-state index is -4.60. The zero-order valence-corrected chi connectivity index (χ0v) is 15.5. The Balaban J connectivity index is 0.00000338. The van der Waals surface area contributed by atoms with E-state index in [0.717, 1.165) is 25.1 Å². The maximum Gasteiger partial charge on any atom is 0.416 e. The van der Waals surface area contributed by atoms with Gasteiger partial charge < -0.3 is 15.5 Å². The molecule has 1 fully saturated rings. The van der Waals surface area contributed by atoms with Crippen LogP contribution < -0.4 is 10.6 Å². The number of halogens is 4. The fraction of sp³-hybridized carbons (Fsp3) is 0.529. The van der Waals surface area contributed by atoms with Gasteiger partial charge in [0, 0.05) is 37.3 Å². The average Bonchev–Trinajstić information content (AvgIpc) is 3.04. The first-order valence-corrected chi connectivity index (χ1v) is 8.24. The zero-order chi connectivity index (χ0) is 18.6. The Bertz CT molecular complexity index is 647. The Morgan fingerprint density at radius 1 is 1.31 bits per heavy atom. The largest absolute Gasteiger partial charge is 0.416 e. The normalized spacial score (nSPS) is 16.7. The molecule has 0 bridgehead atoms. The molecule has 1 aromatic rings. The molecule has 0 aliphatic carbocycles. The summed E-state index contributed by atoms with van der Waals surface area (Å²) >= 11 is 0. The van der Waals surface area contributed by atoms with Crippen LogP contribution in [0, 0.1) is 0 Å². The number of carbonyl (C=O) groups is 2. The minimum Gasteiger partial charge on any atom is -0.334 e. The number of hydrogen-bond acceptors (Lipinski definition) is 3. The second-order valence-corrected chi connectivity index (χ2v) is 6.12. The van der Waals surface area contributed by atoms with E-state index in [1.807, 2.05) is 6.92 Å². The zero-order valence-electron chi connectivity index (χ0n) is 14.7. The van der Waals surface area contributed by atoms with Crippen LogP contribution in [0.1, 0.15) is 42.6 Å². The monoisotopic (exact) mass is 393 g/mol. The van der Waals surface area contributed by atoms with Crippen molar-refractivity contribution in [1.29, 1.82) is 0 Å². The van der Waals surface area contributed by atoms with E-state index in [9.17, 15) is 22.8 Å². The van der Waals surface area contributed by atoms with Crippen LogP contribution in [0.3, 0.4) is 0 Å². The van der Waals surface area contributed by atoms with E-state index in [2.05, 4.69) is 10.6 Å². The summed E-state index contributed by atoms with van der Waals surface area (Å²) in [6.07, 6.45) is -3.13. The predicted molar refractivity (Wildman–Crippen MR) is 95.6 cm³/mol. The summed E-state index contributed by atoms with van der Waals surface area (Å²) in [5, 5.41) is 5.49. The fourth-order valence-corrected chi connectivity index (χ4v) is 2.95. The third kappa shape index (κ3) is 5.60. The summed E-state index contributed by atoms with van der Waals surface area (Å²) in [6, 6.07) is 2.94. The third-order valence-corrected chi connectivity index (χ3v) is 4.03. The number of carbonyl (C=O) groups excluding carboxylic acids is 2. The maximum atomic E-state index is 13.2. The van der Waals surface area contributed by atoms with Gasteiger partial charge in [-0.25, -0.2) is 0 Å². The van der Waals surface area contributed by atoms with E-state index < -0.39 is 23.6 Å². The average molecular weight is 394 g/mol. The highest BCUT2D eigenvalue weighted by Crippen LogP contribution is 2.32. The molecule has 0 spiro atoms. The summed E-state index contributed by atoms with van der Waals surface area (Å²) in [6.45, 7) is 4.99. The molecule has 26 heavy (non-hydrogen) atoms. The molecule has 0 aromatic heterocycles. The highest BCUT2D eigenvalue weighted by Gasteiger charge is 2.33. The Kier molecular flexibility index (Phi) is 7.89. The molecule has 0 saturated carbocycles. The van der Waals surface area contributed by atoms with Crippen LogP contribution in [0.25, 0.3) is 0 Å². The van der Waals surface area contributed by atoms with Crippen LogP contribution in [0.15, 0.2) is 18.2 Å². The Hall–Kier alpha value is -1.80. The van der Waals surface area contributed by atoms with Crippen molar-refractivity contribution in [1.82, 2.24) is 10.2 Å². The molecule has 2 N–H and O–H groups in total. The quantitative estimate of drug-likeness (QED) is 0.806. The standard InChI is InChI=1S/C17H22F3N3O2.ClH/c1-3-6-23(15-4-5-21-10-15)16(25)12-7-13(17(18,19)20)9-14(8-12)22-11(2)24;/h7-9,15,21H,3-6,10H2,1-2H3,(H,22,24);1H. The molecular formula is C17H23ClF3N3O2. The van der Waals surface area contributed by atoms with Gasteiger partial charge in [0.2, 0.25) is 5.91 Å². The smallest absolute Gasteiger partial charge is 0.334 e. The first-order valence-electron chi connectivity index (χ1n) is 8.24. The van der Waals surface area contributed by atoms with Crippen molar-refractivity contribution in [2.24, 2.45) is 0 Å². The lowest BCUT2D eigenvalue weighted by Crippen LogP contribution is -2.42. The summed E-state index contributed by atoms with van der Waals surface area (Å²) < 4.78 is 39.5. The summed E-state index contributed by atoms with van der Waals surface area (Å²) in [5.41, 5.74) is -1.06. The molecule has 9 heteroatoms. The van der Waals surface area contributed by atoms with Crippen LogP contribution in [0.2, 0.25) is 0 Å². The topological polar surface area (TPSA) is 61.4 Å². The van der Waals surface area contributed by atoms with Crippen LogP contribution in [-0.2, 0) is 11.0 Å². The number of nitrogens with one attached hydrogen (secondary N) is 2. The highest BCUT2D eigenvalue weighted by atomic mass is 35.5. The van der Waals surface area contributed by atoms with Gasteiger partial charge in [0.25, 0.3) is 5.91 Å². The molecule has 2 rings (SSSR count). The lowest BCUT2D eigenvalue weighted by Gasteiger charge is -2.28. The van der Waals surface area contributed by atoms with Gasteiger partial charge in [-0.1, -0.05) is 6.92 Å². The summed E-state index contributed by atoms with van der Waals surface area (Å²) in [5.74, 6) is -0.948. The van der Waals surface area contributed by atoms with E-state index in [4.69, 9.17) is 0 Å². The van der Waals surface area contributed by atoms with Gasteiger partial charge in [-0.05, 0) is 37.6 Å². The molecule has 1 atom stereocenters. The maximum absolute atomic E-state index is 13.2. The number of nitrogens with zero attached hydrogens (tertiary/aromatic N) is 1. The minimum absolute atomic E-state index is 0. The van der Waals surface area contributed by atoms with Gasteiger partial charge >= 0.3 is 6.18 Å². The van der Waals surface area contributed by atoms with E-state index in [1.54, 1.807) is 4.90 Å². The van der Waals surface area contributed by atoms with E-state index >= 15 is 0 Å². The molecular weight excluding hydrogens is 371 g/mol. The van der Waals surface area contributed by atoms with Crippen molar-refractivity contribution in [2.75, 3.05) is 25.0 Å². The molecule has 1 saturated heterocycles. The number of alkyl halides is 3. The Morgan fingerprint density at radius 3 is 2.50 bits per heavy atom. The third-order valence-electron chi connectivity index (χ3n) is 4.03. The fourth-order valence-electron chi connectivity index (χ4n) is 2.95. The van der Waals surface area contributed by atoms with E-state index in [0.29, 0.717) is 19.5 Å². The molecule has 1 aliphatic heterocycles. The predicted octanol–water partition coefficient (Wildman–Crippen LogP) is 3.30. The van der Waals surface area contributed by atoms with Crippen LogP contribution in [0.4, 0.5) is 18.9 Å². The van der Waals surface area contributed by atoms with Gasteiger partial charge in [0.15, 0.2) is 0 Å². The van der Waals surface area contributed by atoms with Gasteiger partial charge in [0.05, 0.1) is 5.56 Å².